The van der Waals surface area contributed by atoms with Crippen molar-refractivity contribution in [2.75, 3.05) is 6.54 Å². The zero-order valence-corrected chi connectivity index (χ0v) is 15.2. The molecule has 146 valence electrons. The summed E-state index contributed by atoms with van der Waals surface area (Å²) in [6.45, 7) is 0.829. The van der Waals surface area contributed by atoms with Gasteiger partial charge >= 0.3 is 0 Å². The Morgan fingerprint density at radius 1 is 1.17 bits per heavy atom. The summed E-state index contributed by atoms with van der Waals surface area (Å²) in [4.78, 5) is 24.4. The van der Waals surface area contributed by atoms with Gasteiger partial charge < -0.3 is 9.42 Å². The third kappa shape index (κ3) is 3.91. The summed E-state index contributed by atoms with van der Waals surface area (Å²) in [7, 11) is 0. The summed E-state index contributed by atoms with van der Waals surface area (Å²) in [5.74, 6) is 0.104. The molecule has 3 aromatic rings. The van der Waals surface area contributed by atoms with Crippen molar-refractivity contribution in [2.45, 2.75) is 13.0 Å². The fourth-order valence-corrected chi connectivity index (χ4v) is 3.23. The van der Waals surface area contributed by atoms with E-state index in [4.69, 9.17) is 4.52 Å². The molecule has 0 saturated heterocycles. The van der Waals surface area contributed by atoms with Crippen LogP contribution in [-0.2, 0) is 17.8 Å². The summed E-state index contributed by atoms with van der Waals surface area (Å²) < 4.78 is 18.6. The van der Waals surface area contributed by atoms with Gasteiger partial charge in [-0.3, -0.25) is 14.9 Å². The van der Waals surface area contributed by atoms with Gasteiger partial charge in [0.25, 0.3) is 5.69 Å². The van der Waals surface area contributed by atoms with E-state index in [-0.39, 0.29) is 17.4 Å². The van der Waals surface area contributed by atoms with Gasteiger partial charge in [0.2, 0.25) is 5.91 Å². The summed E-state index contributed by atoms with van der Waals surface area (Å²) >= 11 is 0. The molecule has 0 spiro atoms. The van der Waals surface area contributed by atoms with Crippen molar-refractivity contribution in [1.82, 2.24) is 10.1 Å². The lowest BCUT2D eigenvalue weighted by molar-refractivity contribution is -0.384. The van der Waals surface area contributed by atoms with Gasteiger partial charge in [0, 0.05) is 35.9 Å². The summed E-state index contributed by atoms with van der Waals surface area (Å²) in [6.07, 6.45) is 3.64. The maximum absolute atomic E-state index is 13.1. The van der Waals surface area contributed by atoms with E-state index in [1.54, 1.807) is 35.2 Å². The first-order chi connectivity index (χ1) is 14.0. The highest BCUT2D eigenvalue weighted by Gasteiger charge is 2.26. The average Bonchev–Trinajstić information content (AvgIpc) is 3.16. The molecular weight excluding hydrogens is 377 g/mol. The van der Waals surface area contributed by atoms with Crippen LogP contribution in [0, 0.1) is 15.9 Å². The fraction of sp³-hybridized carbons (Fsp3) is 0.143. The SMILES string of the molecule is O=C(/C=C/c1ccc([N+](=O)[O-])cc1)N1CCc2c(noc2-c2ccc(F)cc2)C1. The minimum Gasteiger partial charge on any atom is -0.356 e. The van der Waals surface area contributed by atoms with E-state index in [0.717, 1.165) is 11.1 Å². The number of amides is 1. The van der Waals surface area contributed by atoms with Gasteiger partial charge in [0.1, 0.15) is 11.5 Å². The van der Waals surface area contributed by atoms with Gasteiger partial charge in [-0.1, -0.05) is 5.16 Å². The lowest BCUT2D eigenvalue weighted by Gasteiger charge is -2.24. The van der Waals surface area contributed by atoms with E-state index in [9.17, 15) is 19.3 Å². The summed E-state index contributed by atoms with van der Waals surface area (Å²) in [5.41, 5.74) is 3.06. The zero-order valence-electron chi connectivity index (χ0n) is 15.2. The van der Waals surface area contributed by atoms with E-state index < -0.39 is 4.92 Å². The zero-order chi connectivity index (χ0) is 20.4. The number of non-ortho nitro benzene ring substituents is 1. The number of aromatic nitrogens is 1. The average molecular weight is 393 g/mol. The summed E-state index contributed by atoms with van der Waals surface area (Å²) in [6, 6.07) is 12.0. The van der Waals surface area contributed by atoms with Crippen molar-refractivity contribution in [3.63, 3.8) is 0 Å². The molecule has 1 amide bonds. The standard InChI is InChI=1S/C21H16FN3O4/c22-16-6-4-15(5-7-16)21-18-11-12-24(13-19(18)23-29-21)20(26)10-3-14-1-8-17(9-2-14)25(27)28/h1-10H,11-13H2/b10-3+. The van der Waals surface area contributed by atoms with Gasteiger partial charge in [-0.25, -0.2) is 4.39 Å². The van der Waals surface area contributed by atoms with E-state index in [0.29, 0.717) is 36.5 Å². The lowest BCUT2D eigenvalue weighted by Crippen LogP contribution is -2.34. The number of halogens is 1. The van der Waals surface area contributed by atoms with Crippen LogP contribution in [0.2, 0.25) is 0 Å². The van der Waals surface area contributed by atoms with Crippen LogP contribution in [0.15, 0.2) is 59.1 Å². The Hall–Kier alpha value is -3.81. The number of nitrogens with zero attached hydrogens (tertiary/aromatic N) is 3. The van der Waals surface area contributed by atoms with Gasteiger partial charge in [-0.15, -0.1) is 0 Å². The van der Waals surface area contributed by atoms with Gasteiger partial charge in [-0.2, -0.15) is 0 Å². The molecule has 0 atom stereocenters. The third-order valence-electron chi connectivity index (χ3n) is 4.78. The molecule has 0 N–H and O–H groups in total. The van der Waals surface area contributed by atoms with Gasteiger partial charge in [0.05, 0.1) is 11.5 Å². The Morgan fingerprint density at radius 2 is 1.90 bits per heavy atom. The molecule has 2 heterocycles. The number of rotatable bonds is 4. The molecule has 1 aromatic heterocycles. The number of fused-ring (bicyclic) bond motifs is 1. The van der Waals surface area contributed by atoms with Crippen molar-refractivity contribution in [1.29, 1.82) is 0 Å². The lowest BCUT2D eigenvalue weighted by atomic mass is 10.0. The van der Waals surface area contributed by atoms with Crippen LogP contribution in [0.5, 0.6) is 0 Å². The second-order valence-corrected chi connectivity index (χ2v) is 6.64. The number of hydrogen-bond acceptors (Lipinski definition) is 5. The quantitative estimate of drug-likeness (QED) is 0.380. The van der Waals surface area contributed by atoms with E-state index in [1.165, 1.54) is 30.3 Å². The number of carbonyl (C=O) groups excluding carboxylic acids is 1. The molecular formula is C21H16FN3O4. The van der Waals surface area contributed by atoms with E-state index >= 15 is 0 Å². The molecule has 0 bridgehead atoms. The third-order valence-corrected chi connectivity index (χ3v) is 4.78. The second kappa shape index (κ2) is 7.67. The van der Waals surface area contributed by atoms with Crippen molar-refractivity contribution < 1.29 is 18.6 Å². The number of carbonyl (C=O) groups is 1. The largest absolute Gasteiger partial charge is 0.356 e. The highest BCUT2D eigenvalue weighted by Crippen LogP contribution is 2.30. The topological polar surface area (TPSA) is 89.5 Å². The predicted molar refractivity (Wildman–Crippen MR) is 103 cm³/mol. The Bertz CT molecular complexity index is 1090. The smallest absolute Gasteiger partial charge is 0.269 e. The Morgan fingerprint density at radius 3 is 2.59 bits per heavy atom. The van der Waals surface area contributed by atoms with Crippen LogP contribution in [0.25, 0.3) is 17.4 Å². The Labute approximate surface area is 165 Å². The molecule has 0 saturated carbocycles. The fourth-order valence-electron chi connectivity index (χ4n) is 3.23. The molecule has 0 radical (unpaired) electrons. The van der Waals surface area contributed by atoms with Crippen molar-refractivity contribution >= 4 is 17.7 Å². The first-order valence-corrected chi connectivity index (χ1v) is 8.96. The van der Waals surface area contributed by atoms with Gasteiger partial charge in [-0.05, 0) is 54.5 Å². The van der Waals surface area contributed by atoms with E-state index in [1.807, 2.05) is 0 Å². The monoisotopic (exact) mass is 393 g/mol. The summed E-state index contributed by atoms with van der Waals surface area (Å²) in [5, 5.41) is 14.8. The first-order valence-electron chi connectivity index (χ1n) is 8.96. The molecule has 0 aliphatic carbocycles. The highest BCUT2D eigenvalue weighted by atomic mass is 19.1. The molecule has 1 aliphatic rings. The predicted octanol–water partition coefficient (Wildman–Crippen LogP) is 3.99. The molecule has 0 fully saturated rings. The molecule has 4 rings (SSSR count). The molecule has 0 unspecified atom stereocenters. The van der Waals surface area contributed by atoms with Crippen LogP contribution >= 0.6 is 0 Å². The highest BCUT2D eigenvalue weighted by molar-refractivity contribution is 5.92. The Balaban J connectivity index is 1.45. The van der Waals surface area contributed by atoms with E-state index in [2.05, 4.69) is 5.16 Å². The normalized spacial score (nSPS) is 13.5. The van der Waals surface area contributed by atoms with Crippen molar-refractivity contribution in [2.24, 2.45) is 0 Å². The number of benzene rings is 2. The van der Waals surface area contributed by atoms with Crippen molar-refractivity contribution in [3.05, 3.63) is 87.4 Å². The minimum absolute atomic E-state index is 0.0000253. The molecule has 1 aliphatic heterocycles. The first kappa shape index (κ1) is 18.5. The number of nitro groups is 1. The van der Waals surface area contributed by atoms with Crippen LogP contribution < -0.4 is 0 Å². The maximum atomic E-state index is 13.1. The maximum Gasteiger partial charge on any atom is 0.269 e. The number of nitro benzene ring substituents is 1. The van der Waals surface area contributed by atoms with Gasteiger partial charge in [0.15, 0.2) is 5.76 Å². The van der Waals surface area contributed by atoms with Crippen LogP contribution in [0.3, 0.4) is 0 Å². The van der Waals surface area contributed by atoms with Crippen LogP contribution in [0.1, 0.15) is 16.8 Å². The molecule has 8 heteroatoms. The molecule has 2 aromatic carbocycles. The van der Waals surface area contributed by atoms with Crippen molar-refractivity contribution in [3.8, 4) is 11.3 Å². The Kier molecular flexibility index (Phi) is 4.90. The molecule has 29 heavy (non-hydrogen) atoms. The minimum atomic E-state index is -0.470. The number of hydrogen-bond donors (Lipinski definition) is 0. The molecule has 7 nitrogen and oxygen atoms in total. The second-order valence-electron chi connectivity index (χ2n) is 6.64. The van der Waals surface area contributed by atoms with Crippen LogP contribution in [-0.4, -0.2) is 27.4 Å². The van der Waals surface area contributed by atoms with Crippen LogP contribution in [0.4, 0.5) is 10.1 Å².